The molecule has 2 atom stereocenters. The summed E-state index contributed by atoms with van der Waals surface area (Å²) in [6.07, 6.45) is 3.17. The fraction of sp³-hybridized carbons (Fsp3) is 0.429. The molecule has 0 radical (unpaired) electrons. The van der Waals surface area contributed by atoms with Crippen molar-refractivity contribution in [3.63, 3.8) is 0 Å². The molecule has 2 aliphatic rings. The van der Waals surface area contributed by atoms with E-state index in [1.165, 1.54) is 12.1 Å². The van der Waals surface area contributed by atoms with Gasteiger partial charge in [-0.1, -0.05) is 12.1 Å². The summed E-state index contributed by atoms with van der Waals surface area (Å²) >= 11 is 1.54. The topological polar surface area (TPSA) is 40.6 Å². The Bertz CT molecular complexity index is 806. The maximum atomic E-state index is 13.0. The van der Waals surface area contributed by atoms with E-state index in [2.05, 4.69) is 0 Å². The van der Waals surface area contributed by atoms with E-state index in [0.717, 1.165) is 36.9 Å². The summed E-state index contributed by atoms with van der Waals surface area (Å²) in [5.41, 5.74) is 1.61. The van der Waals surface area contributed by atoms with Crippen LogP contribution in [0.25, 0.3) is 0 Å². The number of fused-ring (bicyclic) bond motifs is 1. The molecular formula is C21H23FN2O2S. The average molecular weight is 386 g/mol. The van der Waals surface area contributed by atoms with Crippen LogP contribution < -0.4 is 0 Å². The van der Waals surface area contributed by atoms with E-state index in [0.29, 0.717) is 25.4 Å². The van der Waals surface area contributed by atoms with Crippen LogP contribution in [0.5, 0.6) is 0 Å². The predicted octanol–water partition coefficient (Wildman–Crippen LogP) is 3.58. The number of carbonyl (C=O) groups excluding carboxylic acids is 2. The number of likely N-dealkylation sites (tertiary alicyclic amines) is 2. The lowest BCUT2D eigenvalue weighted by molar-refractivity contribution is -0.133. The van der Waals surface area contributed by atoms with Crippen molar-refractivity contribution in [2.75, 3.05) is 19.6 Å². The summed E-state index contributed by atoms with van der Waals surface area (Å²) < 4.78 is 13.0. The van der Waals surface area contributed by atoms with Crippen LogP contribution in [-0.4, -0.2) is 47.3 Å². The maximum Gasteiger partial charge on any atom is 0.254 e. The molecule has 0 bridgehead atoms. The molecule has 2 aliphatic heterocycles. The fourth-order valence-electron chi connectivity index (χ4n) is 4.32. The molecule has 4 nitrogen and oxygen atoms in total. The second kappa shape index (κ2) is 7.80. The van der Waals surface area contributed by atoms with Crippen LogP contribution in [-0.2, 0) is 11.2 Å². The molecule has 0 aliphatic carbocycles. The third-order valence-corrected chi connectivity index (χ3v) is 6.40. The molecule has 6 heteroatoms. The van der Waals surface area contributed by atoms with E-state index in [1.54, 1.807) is 23.5 Å². The summed E-state index contributed by atoms with van der Waals surface area (Å²) in [6.45, 7) is 2.19. The van der Waals surface area contributed by atoms with Crippen molar-refractivity contribution in [2.45, 2.75) is 31.7 Å². The number of carbonyl (C=O) groups is 2. The molecule has 27 heavy (non-hydrogen) atoms. The summed E-state index contributed by atoms with van der Waals surface area (Å²) in [5, 5.41) is 3.85. The molecule has 4 rings (SSSR count). The van der Waals surface area contributed by atoms with Crippen molar-refractivity contribution in [1.82, 2.24) is 9.80 Å². The van der Waals surface area contributed by atoms with Gasteiger partial charge >= 0.3 is 0 Å². The van der Waals surface area contributed by atoms with E-state index in [4.69, 9.17) is 0 Å². The van der Waals surface area contributed by atoms with E-state index in [-0.39, 0.29) is 23.7 Å². The zero-order valence-electron chi connectivity index (χ0n) is 15.1. The normalized spacial score (nSPS) is 22.4. The van der Waals surface area contributed by atoms with Crippen LogP contribution in [0.4, 0.5) is 4.39 Å². The predicted molar refractivity (Wildman–Crippen MR) is 103 cm³/mol. The van der Waals surface area contributed by atoms with Gasteiger partial charge in [-0.05, 0) is 54.3 Å². The Labute approximate surface area is 162 Å². The van der Waals surface area contributed by atoms with Gasteiger partial charge in [0.25, 0.3) is 5.91 Å². The third kappa shape index (κ3) is 3.90. The van der Waals surface area contributed by atoms with Gasteiger partial charge in [-0.25, -0.2) is 4.39 Å². The van der Waals surface area contributed by atoms with Gasteiger partial charge in [0, 0.05) is 31.1 Å². The Morgan fingerprint density at radius 2 is 1.93 bits per heavy atom. The van der Waals surface area contributed by atoms with E-state index in [1.807, 2.05) is 26.6 Å². The van der Waals surface area contributed by atoms with Gasteiger partial charge in [-0.3, -0.25) is 9.59 Å². The molecule has 1 aromatic heterocycles. The number of hydrogen-bond donors (Lipinski definition) is 0. The average Bonchev–Trinajstić information content (AvgIpc) is 3.23. The number of piperidine rings is 2. The second-order valence-electron chi connectivity index (χ2n) is 7.41. The minimum atomic E-state index is -0.287. The molecule has 2 fully saturated rings. The Hall–Kier alpha value is -2.21. The minimum absolute atomic E-state index is 0.0846. The Kier molecular flexibility index (Phi) is 5.25. The number of benzene rings is 1. The maximum absolute atomic E-state index is 13.0. The largest absolute Gasteiger partial charge is 0.342 e. The molecule has 142 valence electrons. The molecular weight excluding hydrogens is 363 g/mol. The van der Waals surface area contributed by atoms with Gasteiger partial charge in [-0.2, -0.15) is 11.3 Å². The van der Waals surface area contributed by atoms with Crippen LogP contribution in [0, 0.1) is 11.7 Å². The van der Waals surface area contributed by atoms with Gasteiger partial charge in [0.05, 0.1) is 12.0 Å². The van der Waals surface area contributed by atoms with Crippen LogP contribution in [0.1, 0.15) is 35.2 Å². The van der Waals surface area contributed by atoms with Gasteiger partial charge in [0.2, 0.25) is 5.91 Å². The SMILES string of the molecule is O=C(Cc1ccc(F)cc1)N1CC[C@@H]2[C@H](CCCN2C(=O)c2ccsc2)C1. The highest BCUT2D eigenvalue weighted by Crippen LogP contribution is 2.32. The first-order valence-electron chi connectivity index (χ1n) is 9.47. The highest BCUT2D eigenvalue weighted by Gasteiger charge is 2.39. The zero-order chi connectivity index (χ0) is 18.8. The molecule has 3 heterocycles. The third-order valence-electron chi connectivity index (χ3n) is 5.72. The molecule has 2 saturated heterocycles. The Balaban J connectivity index is 1.40. The minimum Gasteiger partial charge on any atom is -0.342 e. The lowest BCUT2D eigenvalue weighted by Crippen LogP contribution is -2.56. The van der Waals surface area contributed by atoms with E-state index in [9.17, 15) is 14.0 Å². The molecule has 0 unspecified atom stereocenters. The van der Waals surface area contributed by atoms with Crippen LogP contribution >= 0.6 is 11.3 Å². The highest BCUT2D eigenvalue weighted by molar-refractivity contribution is 7.08. The Morgan fingerprint density at radius 3 is 2.67 bits per heavy atom. The highest BCUT2D eigenvalue weighted by atomic mass is 32.1. The van der Waals surface area contributed by atoms with Crippen molar-refractivity contribution in [2.24, 2.45) is 5.92 Å². The summed E-state index contributed by atoms with van der Waals surface area (Å²) in [7, 11) is 0. The quantitative estimate of drug-likeness (QED) is 0.809. The van der Waals surface area contributed by atoms with Crippen LogP contribution in [0.3, 0.4) is 0 Å². The van der Waals surface area contributed by atoms with Crippen molar-refractivity contribution in [1.29, 1.82) is 0 Å². The van der Waals surface area contributed by atoms with Crippen LogP contribution in [0.15, 0.2) is 41.1 Å². The fourth-order valence-corrected chi connectivity index (χ4v) is 4.95. The smallest absolute Gasteiger partial charge is 0.254 e. The first-order chi connectivity index (χ1) is 13.1. The molecule has 2 aromatic rings. The lowest BCUT2D eigenvalue weighted by Gasteiger charge is -2.47. The van der Waals surface area contributed by atoms with Crippen LogP contribution in [0.2, 0.25) is 0 Å². The number of thiophene rings is 1. The monoisotopic (exact) mass is 386 g/mol. The first kappa shape index (κ1) is 18.2. The van der Waals surface area contributed by atoms with Gasteiger partial charge in [0.15, 0.2) is 0 Å². The molecule has 0 N–H and O–H groups in total. The number of halogens is 1. The van der Waals surface area contributed by atoms with E-state index < -0.39 is 0 Å². The molecule has 1 aromatic carbocycles. The van der Waals surface area contributed by atoms with Crippen molar-refractivity contribution in [3.05, 3.63) is 58.0 Å². The van der Waals surface area contributed by atoms with Gasteiger partial charge < -0.3 is 9.80 Å². The number of hydrogen-bond acceptors (Lipinski definition) is 3. The number of amides is 2. The first-order valence-corrected chi connectivity index (χ1v) is 10.4. The summed E-state index contributed by atoms with van der Waals surface area (Å²) in [4.78, 5) is 29.4. The van der Waals surface area contributed by atoms with Gasteiger partial charge in [-0.15, -0.1) is 0 Å². The number of rotatable bonds is 3. The summed E-state index contributed by atoms with van der Waals surface area (Å²) in [6, 6.07) is 8.23. The molecule has 0 saturated carbocycles. The van der Waals surface area contributed by atoms with Gasteiger partial charge in [0.1, 0.15) is 5.82 Å². The van der Waals surface area contributed by atoms with Crippen molar-refractivity contribution in [3.8, 4) is 0 Å². The Morgan fingerprint density at radius 1 is 1.11 bits per heavy atom. The zero-order valence-corrected chi connectivity index (χ0v) is 16.0. The summed E-state index contributed by atoms with van der Waals surface area (Å²) in [5.74, 6) is 0.259. The van der Waals surface area contributed by atoms with Crippen molar-refractivity contribution < 1.29 is 14.0 Å². The standard InChI is InChI=1S/C21H23FN2O2S/c22-18-5-3-15(4-6-18)12-20(25)23-10-7-19-16(13-23)2-1-9-24(19)21(26)17-8-11-27-14-17/h3-6,8,11,14,16,19H,1-2,7,9-10,12-13H2/t16-,19-/m1/s1. The van der Waals surface area contributed by atoms with Crippen molar-refractivity contribution >= 4 is 23.2 Å². The number of nitrogens with zero attached hydrogens (tertiary/aromatic N) is 2. The molecule has 0 spiro atoms. The second-order valence-corrected chi connectivity index (χ2v) is 8.19. The molecule has 2 amide bonds. The lowest BCUT2D eigenvalue weighted by atomic mass is 9.83. The van der Waals surface area contributed by atoms with E-state index >= 15 is 0 Å².